The van der Waals surface area contributed by atoms with Crippen LogP contribution in [0.4, 0.5) is 5.95 Å². The van der Waals surface area contributed by atoms with E-state index >= 15 is 0 Å². The molecule has 0 N–H and O–H groups in total. The van der Waals surface area contributed by atoms with Crippen molar-refractivity contribution in [2.75, 3.05) is 24.7 Å². The summed E-state index contributed by atoms with van der Waals surface area (Å²) in [6, 6.07) is 10.1. The van der Waals surface area contributed by atoms with Crippen LogP contribution < -0.4 is 4.90 Å². The highest BCUT2D eigenvalue weighted by molar-refractivity contribution is 7.98. The molecule has 0 radical (unpaired) electrons. The Morgan fingerprint density at radius 2 is 2.04 bits per heavy atom. The first-order valence-corrected chi connectivity index (χ1v) is 9.17. The predicted octanol–water partition coefficient (Wildman–Crippen LogP) is 2.14. The van der Waals surface area contributed by atoms with Crippen molar-refractivity contribution in [3.63, 3.8) is 0 Å². The fourth-order valence-corrected chi connectivity index (χ4v) is 3.67. The summed E-state index contributed by atoms with van der Waals surface area (Å²) in [6.45, 7) is 1.90. The van der Waals surface area contributed by atoms with Crippen molar-refractivity contribution in [1.29, 1.82) is 0 Å². The van der Waals surface area contributed by atoms with Crippen LogP contribution in [0.2, 0.25) is 0 Å². The first kappa shape index (κ1) is 15.3. The summed E-state index contributed by atoms with van der Waals surface area (Å²) in [4.78, 5) is 21.5. The zero-order valence-electron chi connectivity index (χ0n) is 13.8. The number of hydrogen-bond acceptors (Lipinski definition) is 5. The molecule has 0 saturated heterocycles. The summed E-state index contributed by atoms with van der Waals surface area (Å²) in [7, 11) is 1.97. The van der Waals surface area contributed by atoms with Gasteiger partial charge in [-0.1, -0.05) is 42.1 Å². The van der Waals surface area contributed by atoms with Gasteiger partial charge in [-0.25, -0.2) is 4.68 Å². The van der Waals surface area contributed by atoms with Crippen molar-refractivity contribution >= 4 is 23.6 Å². The van der Waals surface area contributed by atoms with Crippen LogP contribution >= 0.6 is 11.8 Å². The molecule has 2 aliphatic heterocycles. The number of carbonyl (C=O) groups excluding carboxylic acids is 1. The van der Waals surface area contributed by atoms with Crippen LogP contribution in [-0.2, 0) is 17.9 Å². The summed E-state index contributed by atoms with van der Waals surface area (Å²) in [5.41, 5.74) is 3.08. The number of amides is 1. The van der Waals surface area contributed by atoms with Crippen molar-refractivity contribution in [3.05, 3.63) is 47.2 Å². The molecule has 1 aromatic carbocycles. The van der Waals surface area contributed by atoms with E-state index in [1.165, 1.54) is 11.8 Å². The highest BCUT2D eigenvalue weighted by Crippen LogP contribution is 2.32. The Hall–Kier alpha value is -2.28. The van der Waals surface area contributed by atoms with E-state index < -0.39 is 0 Å². The normalized spacial score (nSPS) is 17.2. The third-order valence-corrected chi connectivity index (χ3v) is 5.09. The summed E-state index contributed by atoms with van der Waals surface area (Å²) in [5, 5.41) is 5.22. The van der Waals surface area contributed by atoms with Gasteiger partial charge in [0.05, 0.1) is 12.1 Å². The molecule has 1 aromatic heterocycles. The molecule has 0 bridgehead atoms. The first-order valence-electron chi connectivity index (χ1n) is 7.95. The number of fused-ring (bicyclic) bond motifs is 1. The van der Waals surface area contributed by atoms with E-state index in [0.29, 0.717) is 13.1 Å². The standard InChI is InChI=1S/C17H19N5OS/c1-20-14-8-9-21(10-12-6-4-3-5-7-12)15(23)13(14)11-22-17(20)18-16(19-22)24-2/h3-7H,8-11H2,1-2H3. The van der Waals surface area contributed by atoms with Gasteiger partial charge in [-0.2, -0.15) is 4.98 Å². The molecule has 7 heteroatoms. The summed E-state index contributed by atoms with van der Waals surface area (Å²) < 4.78 is 1.83. The second-order valence-corrected chi connectivity index (χ2v) is 6.78. The van der Waals surface area contributed by atoms with E-state index in [9.17, 15) is 4.79 Å². The van der Waals surface area contributed by atoms with Gasteiger partial charge in [-0.05, 0) is 11.8 Å². The average Bonchev–Trinajstić information content (AvgIpc) is 3.03. The number of thioether (sulfide) groups is 1. The Balaban J connectivity index is 1.61. The van der Waals surface area contributed by atoms with Crippen LogP contribution in [0, 0.1) is 0 Å². The van der Waals surface area contributed by atoms with Crippen molar-refractivity contribution < 1.29 is 4.79 Å². The molecule has 6 nitrogen and oxygen atoms in total. The molecule has 124 valence electrons. The molecule has 2 aromatic rings. The van der Waals surface area contributed by atoms with E-state index in [1.807, 2.05) is 46.0 Å². The van der Waals surface area contributed by atoms with E-state index in [2.05, 4.69) is 22.2 Å². The largest absolute Gasteiger partial charge is 0.334 e. The molecule has 4 rings (SSSR count). The minimum Gasteiger partial charge on any atom is -0.334 e. The van der Waals surface area contributed by atoms with Crippen LogP contribution in [0.15, 0.2) is 46.8 Å². The number of aromatic nitrogens is 3. The fourth-order valence-electron chi connectivity index (χ4n) is 3.32. The lowest BCUT2D eigenvalue weighted by molar-refractivity contribution is -0.128. The zero-order chi connectivity index (χ0) is 16.7. The molecular formula is C17H19N5OS. The third kappa shape index (κ3) is 2.49. The predicted molar refractivity (Wildman–Crippen MR) is 93.7 cm³/mol. The minimum atomic E-state index is 0.110. The van der Waals surface area contributed by atoms with Gasteiger partial charge < -0.3 is 9.80 Å². The van der Waals surface area contributed by atoms with Gasteiger partial charge in [0.15, 0.2) is 0 Å². The first-order chi connectivity index (χ1) is 11.7. The molecule has 24 heavy (non-hydrogen) atoms. The van der Waals surface area contributed by atoms with Gasteiger partial charge in [0.1, 0.15) is 0 Å². The Kier molecular flexibility index (Phi) is 3.80. The second-order valence-electron chi connectivity index (χ2n) is 6.00. The number of carbonyl (C=O) groups is 1. The van der Waals surface area contributed by atoms with Gasteiger partial charge in [-0.3, -0.25) is 4.79 Å². The highest BCUT2D eigenvalue weighted by atomic mass is 32.2. The zero-order valence-corrected chi connectivity index (χ0v) is 14.6. The topological polar surface area (TPSA) is 54.3 Å². The monoisotopic (exact) mass is 341 g/mol. The molecule has 0 unspecified atom stereocenters. The lowest BCUT2D eigenvalue weighted by Crippen LogP contribution is -2.43. The lowest BCUT2D eigenvalue weighted by atomic mass is 10.0. The molecule has 0 fully saturated rings. The molecule has 1 amide bonds. The smallest absolute Gasteiger partial charge is 0.253 e. The number of nitrogens with zero attached hydrogens (tertiary/aromatic N) is 5. The molecule has 0 spiro atoms. The molecule has 2 aliphatic rings. The maximum Gasteiger partial charge on any atom is 0.253 e. The van der Waals surface area contributed by atoms with E-state index in [0.717, 1.165) is 40.9 Å². The van der Waals surface area contributed by atoms with Crippen molar-refractivity contribution in [2.24, 2.45) is 0 Å². The Morgan fingerprint density at radius 3 is 2.79 bits per heavy atom. The maximum atomic E-state index is 13.0. The summed E-state index contributed by atoms with van der Waals surface area (Å²) in [6.07, 6.45) is 2.81. The SMILES string of the molecule is CSc1nc2n(n1)CC1=C(CCN(Cc3ccccc3)C1=O)N2C. The summed E-state index contributed by atoms with van der Waals surface area (Å²) in [5.74, 6) is 0.932. The van der Waals surface area contributed by atoms with Crippen LogP contribution in [0.25, 0.3) is 0 Å². The second kappa shape index (κ2) is 5.98. The van der Waals surface area contributed by atoms with Crippen LogP contribution in [-0.4, -0.2) is 45.4 Å². The van der Waals surface area contributed by atoms with Gasteiger partial charge in [0, 0.05) is 32.3 Å². The van der Waals surface area contributed by atoms with Crippen LogP contribution in [0.5, 0.6) is 0 Å². The van der Waals surface area contributed by atoms with Crippen molar-refractivity contribution in [1.82, 2.24) is 19.7 Å². The highest BCUT2D eigenvalue weighted by Gasteiger charge is 2.34. The van der Waals surface area contributed by atoms with E-state index in [-0.39, 0.29) is 5.91 Å². The van der Waals surface area contributed by atoms with Gasteiger partial charge in [0.25, 0.3) is 5.91 Å². The summed E-state index contributed by atoms with van der Waals surface area (Å²) >= 11 is 1.52. The number of benzene rings is 1. The van der Waals surface area contributed by atoms with Crippen molar-refractivity contribution in [3.8, 4) is 0 Å². The fraction of sp³-hybridized carbons (Fsp3) is 0.353. The van der Waals surface area contributed by atoms with Gasteiger partial charge in [0.2, 0.25) is 11.1 Å². The maximum absolute atomic E-state index is 13.0. The average molecular weight is 341 g/mol. The molecular weight excluding hydrogens is 322 g/mol. The van der Waals surface area contributed by atoms with Gasteiger partial charge in [-0.15, -0.1) is 5.10 Å². The van der Waals surface area contributed by atoms with Crippen LogP contribution in [0.3, 0.4) is 0 Å². The Labute approximate surface area is 145 Å². The Morgan fingerprint density at radius 1 is 1.25 bits per heavy atom. The third-order valence-electron chi connectivity index (χ3n) is 4.56. The van der Waals surface area contributed by atoms with E-state index in [4.69, 9.17) is 0 Å². The van der Waals surface area contributed by atoms with Crippen LogP contribution in [0.1, 0.15) is 12.0 Å². The molecule has 0 saturated carbocycles. The number of hydrogen-bond donors (Lipinski definition) is 0. The van der Waals surface area contributed by atoms with E-state index in [1.54, 1.807) is 0 Å². The van der Waals surface area contributed by atoms with Gasteiger partial charge >= 0.3 is 0 Å². The van der Waals surface area contributed by atoms with Crippen molar-refractivity contribution in [2.45, 2.75) is 24.7 Å². The molecule has 0 aliphatic carbocycles. The number of rotatable bonds is 3. The minimum absolute atomic E-state index is 0.110. The lowest BCUT2D eigenvalue weighted by Gasteiger charge is -2.36. The molecule has 3 heterocycles. The molecule has 0 atom stereocenters. The Bertz CT molecular complexity index is 814. The quantitative estimate of drug-likeness (QED) is 0.801. The number of anilines is 1.